The molecule has 5 heteroatoms. The molecule has 2 rings (SSSR count). The Labute approximate surface area is 144 Å². The molecule has 0 spiro atoms. The lowest BCUT2D eigenvalue weighted by molar-refractivity contribution is -0.169. The fourth-order valence-electron chi connectivity index (χ4n) is 2.89. The van der Waals surface area contributed by atoms with Gasteiger partial charge in [-0.1, -0.05) is 44.2 Å². The van der Waals surface area contributed by atoms with Gasteiger partial charge in [0.25, 0.3) is 0 Å². The zero-order valence-electron chi connectivity index (χ0n) is 15.2. The number of hydrogen-bond donors (Lipinski definition) is 1. The van der Waals surface area contributed by atoms with Gasteiger partial charge in [-0.15, -0.1) is 0 Å². The van der Waals surface area contributed by atoms with Gasteiger partial charge in [-0.2, -0.15) is 0 Å². The molecule has 1 aromatic rings. The van der Waals surface area contributed by atoms with Crippen LogP contribution in [0.1, 0.15) is 46.2 Å². The Balaban J connectivity index is 2.30. The number of ether oxygens (including phenoxy) is 2. The van der Waals surface area contributed by atoms with Gasteiger partial charge in [0.15, 0.2) is 0 Å². The lowest BCUT2D eigenvalue weighted by Crippen LogP contribution is -2.52. The molecule has 1 aliphatic heterocycles. The van der Waals surface area contributed by atoms with Crippen molar-refractivity contribution >= 4 is 5.97 Å². The zero-order chi connectivity index (χ0) is 17.9. The fourth-order valence-corrected chi connectivity index (χ4v) is 2.89. The predicted octanol–water partition coefficient (Wildman–Crippen LogP) is 2.74. The van der Waals surface area contributed by atoms with Crippen molar-refractivity contribution in [3.8, 4) is 0 Å². The van der Waals surface area contributed by atoms with Crippen molar-refractivity contribution in [3.05, 3.63) is 35.9 Å². The molecule has 0 bridgehead atoms. The Hall–Kier alpha value is -1.43. The van der Waals surface area contributed by atoms with Gasteiger partial charge in [-0.3, -0.25) is 9.69 Å². The minimum Gasteiger partial charge on any atom is -0.459 e. The van der Waals surface area contributed by atoms with Crippen LogP contribution in [-0.2, 0) is 14.3 Å². The number of aliphatic hydroxyl groups excluding tert-OH is 1. The Morgan fingerprint density at radius 1 is 1.29 bits per heavy atom. The second-order valence-electron chi connectivity index (χ2n) is 7.65. The first-order chi connectivity index (χ1) is 11.2. The van der Waals surface area contributed by atoms with Crippen LogP contribution < -0.4 is 0 Å². The molecule has 0 radical (unpaired) electrons. The van der Waals surface area contributed by atoms with E-state index in [2.05, 4.69) is 0 Å². The van der Waals surface area contributed by atoms with Crippen molar-refractivity contribution in [1.29, 1.82) is 0 Å². The third-order valence-electron chi connectivity index (χ3n) is 4.11. The Bertz CT molecular complexity index is 538. The Morgan fingerprint density at radius 2 is 1.92 bits per heavy atom. The van der Waals surface area contributed by atoms with E-state index in [0.717, 1.165) is 5.56 Å². The van der Waals surface area contributed by atoms with E-state index in [0.29, 0.717) is 13.3 Å². The number of carbonyl (C=O) groups is 1. The lowest BCUT2D eigenvalue weighted by Gasteiger charge is -2.36. The largest absolute Gasteiger partial charge is 0.459 e. The third-order valence-corrected chi connectivity index (χ3v) is 4.11. The van der Waals surface area contributed by atoms with Crippen LogP contribution in [0.25, 0.3) is 0 Å². The summed E-state index contributed by atoms with van der Waals surface area (Å²) in [7, 11) is 0. The maximum atomic E-state index is 12.8. The molecule has 0 aromatic heterocycles. The molecule has 134 valence electrons. The van der Waals surface area contributed by atoms with Crippen LogP contribution >= 0.6 is 0 Å². The molecule has 1 aliphatic rings. The average Bonchev–Trinajstić information content (AvgIpc) is 2.95. The topological polar surface area (TPSA) is 59.0 Å². The van der Waals surface area contributed by atoms with Crippen LogP contribution in [-0.4, -0.2) is 47.1 Å². The number of rotatable bonds is 5. The van der Waals surface area contributed by atoms with Crippen molar-refractivity contribution in [2.24, 2.45) is 5.92 Å². The van der Waals surface area contributed by atoms with Crippen LogP contribution in [0, 0.1) is 5.92 Å². The summed E-state index contributed by atoms with van der Waals surface area (Å²) in [6.45, 7) is 10.1. The second-order valence-corrected chi connectivity index (χ2v) is 7.65. The van der Waals surface area contributed by atoms with E-state index in [4.69, 9.17) is 9.47 Å². The summed E-state index contributed by atoms with van der Waals surface area (Å²) in [6.07, 6.45) is -0.826. The summed E-state index contributed by atoms with van der Waals surface area (Å²) in [5.74, 6) is -0.477. The van der Waals surface area contributed by atoms with Crippen molar-refractivity contribution in [3.63, 3.8) is 0 Å². The number of aliphatic hydroxyl groups is 1. The van der Waals surface area contributed by atoms with E-state index in [1.807, 2.05) is 69.9 Å². The number of hydrogen-bond acceptors (Lipinski definition) is 5. The van der Waals surface area contributed by atoms with Crippen molar-refractivity contribution in [2.45, 2.75) is 58.4 Å². The number of nitrogens with zero attached hydrogens (tertiary/aromatic N) is 1. The molecule has 0 amide bonds. The number of carbonyl (C=O) groups excluding carboxylic acids is 1. The van der Waals surface area contributed by atoms with E-state index in [1.54, 1.807) is 0 Å². The predicted molar refractivity (Wildman–Crippen MR) is 92.3 cm³/mol. The van der Waals surface area contributed by atoms with Gasteiger partial charge in [-0.05, 0) is 32.3 Å². The van der Waals surface area contributed by atoms with Gasteiger partial charge in [0, 0.05) is 0 Å². The van der Waals surface area contributed by atoms with Crippen LogP contribution in [0.4, 0.5) is 0 Å². The maximum absolute atomic E-state index is 12.8. The van der Waals surface area contributed by atoms with Crippen LogP contribution in [0.3, 0.4) is 0 Å². The minimum absolute atomic E-state index is 0.0699. The highest BCUT2D eigenvalue weighted by Crippen LogP contribution is 2.31. The average molecular weight is 335 g/mol. The Morgan fingerprint density at radius 3 is 2.46 bits per heavy atom. The highest BCUT2D eigenvalue weighted by atomic mass is 16.6. The van der Waals surface area contributed by atoms with Crippen LogP contribution in [0.15, 0.2) is 30.3 Å². The molecule has 1 saturated heterocycles. The first kappa shape index (κ1) is 18.9. The molecule has 5 nitrogen and oxygen atoms in total. The molecule has 1 heterocycles. The molecule has 24 heavy (non-hydrogen) atoms. The van der Waals surface area contributed by atoms with Gasteiger partial charge in [0.05, 0.1) is 18.8 Å². The van der Waals surface area contributed by atoms with E-state index in [9.17, 15) is 9.90 Å². The summed E-state index contributed by atoms with van der Waals surface area (Å²) in [5.41, 5.74) is 0.467. The lowest BCUT2D eigenvalue weighted by atomic mass is 9.96. The molecule has 1 N–H and O–H groups in total. The smallest absolute Gasteiger partial charge is 0.326 e. The normalized spacial score (nSPS) is 21.7. The van der Waals surface area contributed by atoms with Gasteiger partial charge in [-0.25, -0.2) is 0 Å². The van der Waals surface area contributed by atoms with Gasteiger partial charge in [0.2, 0.25) is 0 Å². The molecule has 3 atom stereocenters. The van der Waals surface area contributed by atoms with Crippen LogP contribution in [0.5, 0.6) is 0 Å². The summed E-state index contributed by atoms with van der Waals surface area (Å²) in [6, 6.07) is 9.09. The number of esters is 1. The fraction of sp³-hybridized carbons (Fsp3) is 0.632. The summed E-state index contributed by atoms with van der Waals surface area (Å²) in [5, 5.41) is 10.7. The monoisotopic (exact) mass is 335 g/mol. The van der Waals surface area contributed by atoms with Crippen molar-refractivity contribution in [1.82, 2.24) is 4.90 Å². The Kier molecular flexibility index (Phi) is 6.01. The van der Waals surface area contributed by atoms with E-state index in [1.165, 1.54) is 0 Å². The molecule has 1 aromatic carbocycles. The quantitative estimate of drug-likeness (QED) is 0.839. The van der Waals surface area contributed by atoms with Crippen LogP contribution in [0.2, 0.25) is 0 Å². The van der Waals surface area contributed by atoms with Gasteiger partial charge < -0.3 is 14.6 Å². The van der Waals surface area contributed by atoms with E-state index >= 15 is 0 Å². The minimum atomic E-state index is -0.826. The summed E-state index contributed by atoms with van der Waals surface area (Å²) < 4.78 is 11.2. The third kappa shape index (κ3) is 4.56. The molecule has 1 fully saturated rings. The van der Waals surface area contributed by atoms with Crippen molar-refractivity contribution < 1.29 is 19.4 Å². The summed E-state index contributed by atoms with van der Waals surface area (Å²) in [4.78, 5) is 14.7. The number of benzene rings is 1. The second kappa shape index (κ2) is 7.64. The SMILES string of the molecule is CC(C)[C@@H](O)[C@H](C(=O)OC(C)(C)C)N1COC[C@H]1c1ccccc1. The first-order valence-electron chi connectivity index (χ1n) is 8.50. The van der Waals surface area contributed by atoms with Gasteiger partial charge >= 0.3 is 5.97 Å². The standard InChI is InChI=1S/C19H29NO4/c1-13(2)17(21)16(18(22)24-19(3,4)5)20-12-23-11-15(20)14-9-7-6-8-10-14/h6-10,13,15-17,21H,11-12H2,1-5H3/t15-,16+,17+/m0/s1. The molecule has 0 saturated carbocycles. The van der Waals surface area contributed by atoms with E-state index < -0.39 is 23.7 Å². The highest BCUT2D eigenvalue weighted by molar-refractivity contribution is 5.77. The molecule has 0 unspecified atom stereocenters. The van der Waals surface area contributed by atoms with Gasteiger partial charge in [0.1, 0.15) is 18.4 Å². The van der Waals surface area contributed by atoms with Crippen molar-refractivity contribution in [2.75, 3.05) is 13.3 Å². The summed E-state index contributed by atoms with van der Waals surface area (Å²) >= 11 is 0. The molecular formula is C19H29NO4. The maximum Gasteiger partial charge on any atom is 0.326 e. The zero-order valence-corrected chi connectivity index (χ0v) is 15.2. The van der Waals surface area contributed by atoms with E-state index in [-0.39, 0.29) is 12.0 Å². The molecular weight excluding hydrogens is 306 g/mol. The first-order valence-corrected chi connectivity index (χ1v) is 8.50. The highest BCUT2D eigenvalue weighted by Gasteiger charge is 2.43. The molecule has 0 aliphatic carbocycles.